The van der Waals surface area contributed by atoms with Crippen LogP contribution in [0, 0.1) is 0 Å². The normalized spacial score (nSPS) is 10.8. The molecular weight excluding hydrogens is 248 g/mol. The molecule has 2 aromatic rings. The monoisotopic (exact) mass is 264 g/mol. The maximum atomic E-state index is 11.8. The van der Waals surface area contributed by atoms with Gasteiger partial charge in [0.2, 0.25) is 0 Å². The molecule has 0 aliphatic rings. The molecule has 19 heavy (non-hydrogen) atoms. The van der Waals surface area contributed by atoms with Gasteiger partial charge in [0.1, 0.15) is 5.58 Å². The fourth-order valence-electron chi connectivity index (χ4n) is 1.66. The minimum atomic E-state index is -0.303. The Bertz CT molecular complexity index is 565. The maximum absolute atomic E-state index is 11.8. The van der Waals surface area contributed by atoms with Crippen LogP contribution in [0.15, 0.2) is 28.7 Å². The number of amides is 1. The van der Waals surface area contributed by atoms with Crippen molar-refractivity contribution in [1.29, 1.82) is 0 Å². The minimum Gasteiger partial charge on any atom is -0.451 e. The number of aliphatic hydroxyl groups is 1. The van der Waals surface area contributed by atoms with Crippen molar-refractivity contribution in [3.8, 4) is 0 Å². The van der Waals surface area contributed by atoms with Crippen molar-refractivity contribution >= 4 is 22.6 Å². The summed E-state index contributed by atoms with van der Waals surface area (Å²) in [7, 11) is 0. The molecular formula is C13H16N2O4. The number of nitrogen functional groups attached to an aromatic ring is 1. The molecule has 1 heterocycles. The molecule has 0 aliphatic heterocycles. The second kappa shape index (κ2) is 6.21. The molecule has 0 radical (unpaired) electrons. The molecule has 102 valence electrons. The lowest BCUT2D eigenvalue weighted by Crippen LogP contribution is -2.27. The lowest BCUT2D eigenvalue weighted by Gasteiger charge is -2.03. The van der Waals surface area contributed by atoms with Gasteiger partial charge >= 0.3 is 0 Å². The van der Waals surface area contributed by atoms with E-state index >= 15 is 0 Å². The summed E-state index contributed by atoms with van der Waals surface area (Å²) in [6, 6.07) is 6.84. The number of hydrogen-bond acceptors (Lipinski definition) is 5. The van der Waals surface area contributed by atoms with E-state index < -0.39 is 0 Å². The summed E-state index contributed by atoms with van der Waals surface area (Å²) in [6.45, 7) is 0.941. The van der Waals surface area contributed by atoms with E-state index in [-0.39, 0.29) is 24.9 Å². The highest BCUT2D eigenvalue weighted by molar-refractivity contribution is 5.96. The molecule has 0 bridgehead atoms. The van der Waals surface area contributed by atoms with Gasteiger partial charge in [-0.1, -0.05) is 0 Å². The van der Waals surface area contributed by atoms with E-state index in [0.29, 0.717) is 24.4 Å². The Labute approximate surface area is 110 Å². The van der Waals surface area contributed by atoms with Crippen LogP contribution in [-0.2, 0) is 4.74 Å². The largest absolute Gasteiger partial charge is 0.451 e. The molecule has 1 aromatic carbocycles. The highest BCUT2D eigenvalue weighted by Gasteiger charge is 2.11. The van der Waals surface area contributed by atoms with Crippen LogP contribution in [0.4, 0.5) is 5.69 Å². The van der Waals surface area contributed by atoms with Gasteiger partial charge in [-0.25, -0.2) is 0 Å². The molecule has 0 saturated carbocycles. The second-order valence-corrected chi connectivity index (χ2v) is 4.00. The summed E-state index contributed by atoms with van der Waals surface area (Å²) in [5, 5.41) is 12.0. The number of carbonyl (C=O) groups is 1. The first kappa shape index (κ1) is 13.4. The SMILES string of the molecule is Nc1ccc2oc(C(=O)NCCOCCO)cc2c1. The first-order valence-corrected chi connectivity index (χ1v) is 5.96. The van der Waals surface area contributed by atoms with Gasteiger partial charge in [-0.15, -0.1) is 0 Å². The van der Waals surface area contributed by atoms with Crippen molar-refractivity contribution in [2.24, 2.45) is 0 Å². The molecule has 0 aliphatic carbocycles. The molecule has 2 rings (SSSR count). The van der Waals surface area contributed by atoms with Crippen molar-refractivity contribution < 1.29 is 19.1 Å². The van der Waals surface area contributed by atoms with Crippen LogP contribution in [0.25, 0.3) is 11.0 Å². The van der Waals surface area contributed by atoms with Crippen LogP contribution >= 0.6 is 0 Å². The summed E-state index contributed by atoms with van der Waals surface area (Å²) in [6.07, 6.45) is 0. The zero-order valence-corrected chi connectivity index (χ0v) is 10.4. The molecule has 0 fully saturated rings. The van der Waals surface area contributed by atoms with E-state index in [1.807, 2.05) is 0 Å². The Morgan fingerprint density at radius 2 is 2.21 bits per heavy atom. The molecule has 6 nitrogen and oxygen atoms in total. The van der Waals surface area contributed by atoms with Crippen molar-refractivity contribution in [2.75, 3.05) is 32.1 Å². The van der Waals surface area contributed by atoms with E-state index in [0.717, 1.165) is 5.39 Å². The van der Waals surface area contributed by atoms with E-state index in [4.69, 9.17) is 20.0 Å². The summed E-state index contributed by atoms with van der Waals surface area (Å²) < 4.78 is 10.4. The number of anilines is 1. The lowest BCUT2D eigenvalue weighted by atomic mass is 10.2. The Morgan fingerprint density at radius 1 is 1.37 bits per heavy atom. The molecule has 0 unspecified atom stereocenters. The average Bonchev–Trinajstić information content (AvgIpc) is 2.81. The zero-order valence-electron chi connectivity index (χ0n) is 10.4. The number of ether oxygens (including phenoxy) is 1. The van der Waals surface area contributed by atoms with E-state index in [2.05, 4.69) is 5.32 Å². The third-order valence-electron chi connectivity index (χ3n) is 2.53. The van der Waals surface area contributed by atoms with Gasteiger partial charge in [0.05, 0.1) is 19.8 Å². The van der Waals surface area contributed by atoms with Crippen molar-refractivity contribution in [3.05, 3.63) is 30.0 Å². The molecule has 0 saturated heterocycles. The summed E-state index contributed by atoms with van der Waals surface area (Å²) in [5.74, 6) is -0.0647. The van der Waals surface area contributed by atoms with Gasteiger partial charge in [0.15, 0.2) is 5.76 Å². The lowest BCUT2D eigenvalue weighted by molar-refractivity contribution is 0.0823. The molecule has 0 spiro atoms. The number of carbonyl (C=O) groups excluding carboxylic acids is 1. The molecule has 4 N–H and O–H groups in total. The number of benzene rings is 1. The number of fused-ring (bicyclic) bond motifs is 1. The molecule has 1 aromatic heterocycles. The predicted octanol–water partition coefficient (Wildman–Crippen LogP) is 0.754. The van der Waals surface area contributed by atoms with Gasteiger partial charge in [-0.2, -0.15) is 0 Å². The fraction of sp³-hybridized carbons (Fsp3) is 0.308. The molecule has 1 amide bonds. The van der Waals surface area contributed by atoms with Gasteiger partial charge in [-0.3, -0.25) is 4.79 Å². The summed E-state index contributed by atoms with van der Waals surface area (Å²) in [5.41, 5.74) is 6.90. The van der Waals surface area contributed by atoms with Crippen LogP contribution in [0.1, 0.15) is 10.6 Å². The van der Waals surface area contributed by atoms with Crippen LogP contribution in [0.5, 0.6) is 0 Å². The van der Waals surface area contributed by atoms with Crippen LogP contribution in [0.2, 0.25) is 0 Å². The van der Waals surface area contributed by atoms with Crippen molar-refractivity contribution in [3.63, 3.8) is 0 Å². The van der Waals surface area contributed by atoms with Gasteiger partial charge in [0, 0.05) is 17.6 Å². The van der Waals surface area contributed by atoms with E-state index in [1.165, 1.54) is 0 Å². The molecule has 0 atom stereocenters. The highest BCUT2D eigenvalue weighted by atomic mass is 16.5. The number of aliphatic hydroxyl groups excluding tert-OH is 1. The van der Waals surface area contributed by atoms with E-state index in [1.54, 1.807) is 24.3 Å². The molecule has 6 heteroatoms. The van der Waals surface area contributed by atoms with Crippen molar-refractivity contribution in [2.45, 2.75) is 0 Å². The predicted molar refractivity (Wildman–Crippen MR) is 70.9 cm³/mol. The third-order valence-corrected chi connectivity index (χ3v) is 2.53. The third kappa shape index (κ3) is 3.46. The van der Waals surface area contributed by atoms with Gasteiger partial charge < -0.3 is 25.3 Å². The number of hydrogen-bond donors (Lipinski definition) is 3. The Morgan fingerprint density at radius 3 is 3.00 bits per heavy atom. The van der Waals surface area contributed by atoms with Crippen molar-refractivity contribution in [1.82, 2.24) is 5.32 Å². The van der Waals surface area contributed by atoms with Gasteiger partial charge in [-0.05, 0) is 24.3 Å². The Balaban J connectivity index is 1.94. The summed E-state index contributed by atoms with van der Waals surface area (Å²) in [4.78, 5) is 11.8. The highest BCUT2D eigenvalue weighted by Crippen LogP contribution is 2.21. The van der Waals surface area contributed by atoms with Gasteiger partial charge in [0.25, 0.3) is 5.91 Å². The first-order chi connectivity index (χ1) is 9.20. The number of rotatable bonds is 6. The number of nitrogens with two attached hydrogens (primary N) is 1. The zero-order chi connectivity index (χ0) is 13.7. The topological polar surface area (TPSA) is 97.7 Å². The maximum Gasteiger partial charge on any atom is 0.287 e. The second-order valence-electron chi connectivity index (χ2n) is 4.00. The quantitative estimate of drug-likeness (QED) is 0.528. The Kier molecular flexibility index (Phi) is 4.38. The summed E-state index contributed by atoms with van der Waals surface area (Å²) >= 11 is 0. The number of furan rings is 1. The van der Waals surface area contributed by atoms with E-state index in [9.17, 15) is 4.79 Å². The fourth-order valence-corrected chi connectivity index (χ4v) is 1.66. The average molecular weight is 264 g/mol. The smallest absolute Gasteiger partial charge is 0.287 e. The number of nitrogens with one attached hydrogen (secondary N) is 1. The van der Waals surface area contributed by atoms with Crippen LogP contribution in [-0.4, -0.2) is 37.4 Å². The first-order valence-electron chi connectivity index (χ1n) is 5.96. The standard InChI is InChI=1S/C13H16N2O4/c14-10-1-2-11-9(7-10)8-12(19-11)13(17)15-3-5-18-6-4-16/h1-2,7-8,16H,3-6,14H2,(H,15,17). The van der Waals surface area contributed by atoms with Crippen LogP contribution < -0.4 is 11.1 Å². The Hall–Kier alpha value is -2.05. The minimum absolute atomic E-state index is 0.0288. The van der Waals surface area contributed by atoms with Crippen LogP contribution in [0.3, 0.4) is 0 Å².